The number of halogens is 3. The van der Waals surface area contributed by atoms with Crippen molar-refractivity contribution in [3.05, 3.63) is 29.3 Å². The first-order chi connectivity index (χ1) is 19.0. The molecule has 1 aromatic rings. The Bertz CT molecular complexity index is 1200. The van der Waals surface area contributed by atoms with Crippen molar-refractivity contribution in [3.8, 4) is 5.75 Å². The number of esters is 1. The summed E-state index contributed by atoms with van der Waals surface area (Å²) in [6, 6.07) is -2.02. The van der Waals surface area contributed by atoms with Crippen LogP contribution in [0.5, 0.6) is 5.75 Å². The highest BCUT2D eigenvalue weighted by Gasteiger charge is 2.33. The minimum Gasteiger partial charge on any atom is -0.424 e. The SMILES string of the molecule is CC(=O)NC(CSC(=O)C(CSC(=O)c1ccc(C(F)(F)F)cc1OC(=O)C(CS)NC(C)=O)NC(C)=O)C(N)=O. The maximum Gasteiger partial charge on any atom is 0.416 e. The molecule has 3 atom stereocenters. The first kappa shape index (κ1) is 35.8. The molecule has 0 aliphatic carbocycles. The molecule has 0 heterocycles. The number of hydrogen-bond donors (Lipinski definition) is 5. The molecule has 0 aliphatic rings. The topological polar surface area (TPSA) is 191 Å². The van der Waals surface area contributed by atoms with E-state index in [1.807, 2.05) is 0 Å². The Kier molecular flexibility index (Phi) is 14.2. The number of nitrogens with one attached hydrogen (secondary N) is 3. The molecular formula is C23H27F3N4O8S3. The number of carbonyl (C=O) groups is 7. The number of thiol groups is 1. The number of hydrogen-bond acceptors (Lipinski definition) is 11. The number of benzene rings is 1. The Morgan fingerprint density at radius 3 is 1.88 bits per heavy atom. The summed E-state index contributed by atoms with van der Waals surface area (Å²) < 4.78 is 45.0. The highest BCUT2D eigenvalue weighted by Crippen LogP contribution is 2.34. The second-order valence-electron chi connectivity index (χ2n) is 8.20. The standard InChI is InChI=1S/C23H27F3N4O8S3/c1-10(31)28-15(7-39)20(35)38-18-6-13(23(24,25)26)4-5-14(18)21(36)40-9-17(30-12(3)33)22(37)41-8-16(19(27)34)29-11(2)32/h4-6,15-17,39H,7-9H2,1-3H3,(H2,27,34)(H,28,31)(H,29,32)(H,30,33). The van der Waals surface area contributed by atoms with Crippen LogP contribution < -0.4 is 26.4 Å². The first-order valence-electron chi connectivity index (χ1n) is 11.4. The lowest BCUT2D eigenvalue weighted by Gasteiger charge is -2.19. The molecule has 0 bridgehead atoms. The van der Waals surface area contributed by atoms with Crippen LogP contribution in [0, 0.1) is 0 Å². The van der Waals surface area contributed by atoms with Gasteiger partial charge in [-0.1, -0.05) is 23.5 Å². The summed E-state index contributed by atoms with van der Waals surface area (Å²) in [5.74, 6) is -5.64. The van der Waals surface area contributed by atoms with Gasteiger partial charge in [0.25, 0.3) is 0 Å². The Balaban J connectivity index is 3.17. The van der Waals surface area contributed by atoms with E-state index >= 15 is 0 Å². The monoisotopic (exact) mass is 640 g/mol. The molecule has 5 N–H and O–H groups in total. The molecule has 226 valence electrons. The van der Waals surface area contributed by atoms with Crippen molar-refractivity contribution in [2.75, 3.05) is 17.3 Å². The summed E-state index contributed by atoms with van der Waals surface area (Å²) in [7, 11) is 0. The average Bonchev–Trinajstić information content (AvgIpc) is 2.85. The van der Waals surface area contributed by atoms with E-state index in [1.54, 1.807) is 0 Å². The van der Waals surface area contributed by atoms with Crippen LogP contribution in [-0.4, -0.2) is 75.2 Å². The van der Waals surface area contributed by atoms with Crippen LogP contribution in [0.15, 0.2) is 18.2 Å². The highest BCUT2D eigenvalue weighted by molar-refractivity contribution is 8.15. The van der Waals surface area contributed by atoms with Gasteiger partial charge >= 0.3 is 12.1 Å². The molecular weight excluding hydrogens is 613 g/mol. The van der Waals surface area contributed by atoms with Gasteiger partial charge in [-0.05, 0) is 18.2 Å². The quantitative estimate of drug-likeness (QED) is 0.116. The largest absolute Gasteiger partial charge is 0.424 e. The second kappa shape index (κ2) is 16.3. The fourth-order valence-electron chi connectivity index (χ4n) is 2.91. The van der Waals surface area contributed by atoms with Gasteiger partial charge in [0.05, 0.1) is 11.1 Å². The molecule has 0 aromatic heterocycles. The lowest BCUT2D eigenvalue weighted by atomic mass is 10.1. The smallest absolute Gasteiger partial charge is 0.416 e. The summed E-state index contributed by atoms with van der Waals surface area (Å²) in [5, 5.41) is 5.19. The van der Waals surface area contributed by atoms with Crippen molar-refractivity contribution in [3.63, 3.8) is 0 Å². The minimum atomic E-state index is -4.85. The molecule has 3 unspecified atom stereocenters. The third kappa shape index (κ3) is 12.4. The van der Waals surface area contributed by atoms with E-state index in [1.165, 1.54) is 0 Å². The normalized spacial score (nSPS) is 13.2. The number of primary amides is 1. The fraction of sp³-hybridized carbons (Fsp3) is 0.435. The lowest BCUT2D eigenvalue weighted by molar-refractivity contribution is -0.140. The van der Waals surface area contributed by atoms with E-state index in [2.05, 4.69) is 28.6 Å². The van der Waals surface area contributed by atoms with Gasteiger partial charge in [0.15, 0.2) is 0 Å². The van der Waals surface area contributed by atoms with Gasteiger partial charge in [-0.2, -0.15) is 25.8 Å². The van der Waals surface area contributed by atoms with Gasteiger partial charge in [0, 0.05) is 38.0 Å². The van der Waals surface area contributed by atoms with Crippen molar-refractivity contribution < 1.29 is 51.5 Å². The predicted molar refractivity (Wildman–Crippen MR) is 147 cm³/mol. The van der Waals surface area contributed by atoms with Crippen molar-refractivity contribution in [2.45, 2.75) is 45.1 Å². The van der Waals surface area contributed by atoms with E-state index in [9.17, 15) is 46.7 Å². The zero-order valence-corrected chi connectivity index (χ0v) is 24.4. The number of alkyl halides is 3. The zero-order valence-electron chi connectivity index (χ0n) is 21.8. The van der Waals surface area contributed by atoms with Crippen LogP contribution in [-0.2, 0) is 34.9 Å². The molecule has 0 saturated heterocycles. The summed E-state index contributed by atoms with van der Waals surface area (Å²) in [6.07, 6.45) is -4.85. The number of ether oxygens (including phenoxy) is 1. The molecule has 41 heavy (non-hydrogen) atoms. The second-order valence-corrected chi connectivity index (χ2v) is 10.6. The van der Waals surface area contributed by atoms with E-state index < -0.39 is 86.8 Å². The minimum absolute atomic E-state index is 0.258. The number of carbonyl (C=O) groups excluding carboxylic acids is 7. The molecule has 0 fully saturated rings. The number of amides is 4. The number of nitrogens with two attached hydrogens (primary N) is 1. The van der Waals surface area contributed by atoms with Gasteiger partial charge in [-0.25, -0.2) is 4.79 Å². The fourth-order valence-corrected chi connectivity index (χ4v) is 5.06. The summed E-state index contributed by atoms with van der Waals surface area (Å²) in [6.45, 7) is 3.33. The Morgan fingerprint density at radius 1 is 0.878 bits per heavy atom. The van der Waals surface area contributed by atoms with Crippen LogP contribution in [0.4, 0.5) is 13.2 Å². The molecule has 1 rings (SSSR count). The third-order valence-electron chi connectivity index (χ3n) is 4.74. The van der Waals surface area contributed by atoms with Crippen molar-refractivity contribution in [2.24, 2.45) is 5.73 Å². The average molecular weight is 641 g/mol. The molecule has 4 amide bonds. The number of thioether (sulfide) groups is 2. The molecule has 0 radical (unpaired) electrons. The molecule has 0 aliphatic heterocycles. The van der Waals surface area contributed by atoms with Crippen molar-refractivity contribution in [1.29, 1.82) is 0 Å². The van der Waals surface area contributed by atoms with Crippen LogP contribution in [0.2, 0.25) is 0 Å². The molecule has 0 saturated carbocycles. The van der Waals surface area contributed by atoms with Crippen LogP contribution >= 0.6 is 36.2 Å². The van der Waals surface area contributed by atoms with E-state index in [0.29, 0.717) is 35.7 Å². The molecule has 18 heteroatoms. The van der Waals surface area contributed by atoms with Crippen LogP contribution in [0.3, 0.4) is 0 Å². The van der Waals surface area contributed by atoms with Gasteiger partial charge in [0.2, 0.25) is 33.9 Å². The Hall–Kier alpha value is -3.25. The predicted octanol–water partition coefficient (Wildman–Crippen LogP) is 0.673. The van der Waals surface area contributed by atoms with Gasteiger partial charge in [-0.15, -0.1) is 0 Å². The molecule has 0 spiro atoms. The molecule has 1 aromatic carbocycles. The third-order valence-corrected chi connectivity index (χ3v) is 7.16. The van der Waals surface area contributed by atoms with Gasteiger partial charge in [0.1, 0.15) is 23.9 Å². The van der Waals surface area contributed by atoms with Crippen molar-refractivity contribution in [1.82, 2.24) is 16.0 Å². The van der Waals surface area contributed by atoms with Crippen molar-refractivity contribution >= 4 is 76.0 Å². The maximum absolute atomic E-state index is 13.3. The van der Waals surface area contributed by atoms with E-state index in [-0.39, 0.29) is 11.5 Å². The lowest BCUT2D eigenvalue weighted by Crippen LogP contribution is -2.46. The summed E-state index contributed by atoms with van der Waals surface area (Å²) in [4.78, 5) is 83.9. The van der Waals surface area contributed by atoms with E-state index in [0.717, 1.165) is 26.8 Å². The first-order valence-corrected chi connectivity index (χ1v) is 14.0. The zero-order chi connectivity index (χ0) is 31.5. The summed E-state index contributed by atoms with van der Waals surface area (Å²) >= 11 is 4.89. The Labute approximate surface area is 246 Å². The highest BCUT2D eigenvalue weighted by atomic mass is 32.2. The molecule has 12 nitrogen and oxygen atoms in total. The van der Waals surface area contributed by atoms with Gasteiger partial charge < -0.3 is 26.4 Å². The maximum atomic E-state index is 13.3. The van der Waals surface area contributed by atoms with Crippen LogP contribution in [0.1, 0.15) is 36.7 Å². The summed E-state index contributed by atoms with van der Waals surface area (Å²) in [5.41, 5.74) is 3.51. The van der Waals surface area contributed by atoms with Crippen LogP contribution in [0.25, 0.3) is 0 Å². The number of rotatable bonds is 13. The Morgan fingerprint density at radius 2 is 1.39 bits per heavy atom. The van der Waals surface area contributed by atoms with E-state index in [4.69, 9.17) is 10.5 Å². The van der Waals surface area contributed by atoms with Gasteiger partial charge in [-0.3, -0.25) is 28.8 Å².